The molecule has 1 aromatic carbocycles. The average Bonchev–Trinajstić information content (AvgIpc) is 2.80. The maximum atomic E-state index is 12.0. The molecule has 3 rings (SSSR count). The van der Waals surface area contributed by atoms with Crippen molar-refractivity contribution in [2.45, 2.75) is 44.9 Å². The first-order valence-electron chi connectivity index (χ1n) is 7.31. The minimum absolute atomic E-state index is 0.0914. The van der Waals surface area contributed by atoms with Crippen LogP contribution >= 0.6 is 0 Å². The number of hydrogen-bond donors (Lipinski definition) is 2. The summed E-state index contributed by atoms with van der Waals surface area (Å²) in [6.07, 6.45) is 2.89. The molecule has 2 N–H and O–H groups in total. The molecule has 4 heteroatoms. The Balaban J connectivity index is 2.01. The number of fused-ring (bicyclic) bond motifs is 1. The van der Waals surface area contributed by atoms with E-state index in [0.29, 0.717) is 12.8 Å². The van der Waals surface area contributed by atoms with E-state index in [1.165, 1.54) is 5.56 Å². The second-order valence-electron chi connectivity index (χ2n) is 6.76. The smallest absolute Gasteiger partial charge is 0.234 e. The lowest BCUT2D eigenvalue weighted by atomic mass is 9.85. The lowest BCUT2D eigenvalue weighted by molar-refractivity contribution is -0.134. The van der Waals surface area contributed by atoms with Gasteiger partial charge in [-0.2, -0.15) is 0 Å². The third kappa shape index (κ3) is 2.46. The van der Waals surface area contributed by atoms with Crippen LogP contribution in [0.1, 0.15) is 50.7 Å². The quantitative estimate of drug-likeness (QED) is 0.791. The van der Waals surface area contributed by atoms with Crippen molar-refractivity contribution in [2.75, 3.05) is 0 Å². The van der Waals surface area contributed by atoms with Crippen molar-refractivity contribution < 1.29 is 9.59 Å². The number of hydrogen-bond acceptors (Lipinski definition) is 2. The molecule has 0 saturated carbocycles. The van der Waals surface area contributed by atoms with E-state index in [9.17, 15) is 9.59 Å². The summed E-state index contributed by atoms with van der Waals surface area (Å²) in [5.74, 6) is -0.602. The van der Waals surface area contributed by atoms with Crippen molar-refractivity contribution in [2.24, 2.45) is 0 Å². The van der Waals surface area contributed by atoms with Crippen molar-refractivity contribution in [3.8, 4) is 0 Å². The van der Waals surface area contributed by atoms with Crippen LogP contribution in [0.25, 0.3) is 10.9 Å². The van der Waals surface area contributed by atoms with Gasteiger partial charge in [0, 0.05) is 23.5 Å². The van der Waals surface area contributed by atoms with Gasteiger partial charge in [0.2, 0.25) is 11.8 Å². The highest BCUT2D eigenvalue weighted by Crippen LogP contribution is 2.33. The second-order valence-corrected chi connectivity index (χ2v) is 6.76. The molecule has 2 amide bonds. The van der Waals surface area contributed by atoms with E-state index in [-0.39, 0.29) is 23.1 Å². The number of carbonyl (C=O) groups excluding carboxylic acids is 2. The molecule has 1 aliphatic rings. The van der Waals surface area contributed by atoms with E-state index < -0.39 is 0 Å². The van der Waals surface area contributed by atoms with Crippen LogP contribution in [0.5, 0.6) is 0 Å². The second kappa shape index (κ2) is 4.72. The van der Waals surface area contributed by atoms with Gasteiger partial charge in [-0.05, 0) is 29.0 Å². The van der Waals surface area contributed by atoms with Crippen molar-refractivity contribution >= 4 is 22.7 Å². The summed E-state index contributed by atoms with van der Waals surface area (Å²) in [6.45, 7) is 6.54. The van der Waals surface area contributed by atoms with Gasteiger partial charge >= 0.3 is 0 Å². The molecule has 110 valence electrons. The van der Waals surface area contributed by atoms with E-state index in [1.54, 1.807) is 0 Å². The van der Waals surface area contributed by atoms with Gasteiger partial charge in [0.05, 0.1) is 5.92 Å². The lowest BCUT2D eigenvalue weighted by Crippen LogP contribution is -2.39. The molecule has 2 aromatic rings. The van der Waals surface area contributed by atoms with Crippen molar-refractivity contribution in [3.05, 3.63) is 35.5 Å². The Kier molecular flexibility index (Phi) is 3.12. The van der Waals surface area contributed by atoms with Gasteiger partial charge in [0.25, 0.3) is 0 Å². The minimum Gasteiger partial charge on any atom is -0.361 e. The minimum atomic E-state index is -0.239. The molecule has 0 radical (unpaired) electrons. The number of nitrogens with one attached hydrogen (secondary N) is 2. The molecule has 1 unspecified atom stereocenters. The summed E-state index contributed by atoms with van der Waals surface area (Å²) in [7, 11) is 0. The molecule has 1 aliphatic heterocycles. The fourth-order valence-electron chi connectivity index (χ4n) is 2.89. The van der Waals surface area contributed by atoms with Crippen LogP contribution in [-0.4, -0.2) is 16.8 Å². The molecule has 4 nitrogen and oxygen atoms in total. The number of aromatic nitrogens is 1. The topological polar surface area (TPSA) is 62.0 Å². The predicted molar refractivity (Wildman–Crippen MR) is 82.1 cm³/mol. The third-order valence-corrected chi connectivity index (χ3v) is 4.19. The molecule has 21 heavy (non-hydrogen) atoms. The zero-order valence-corrected chi connectivity index (χ0v) is 12.6. The van der Waals surface area contributed by atoms with Gasteiger partial charge in [-0.15, -0.1) is 0 Å². The number of carbonyl (C=O) groups is 2. The highest BCUT2D eigenvalue weighted by Gasteiger charge is 2.29. The first-order valence-corrected chi connectivity index (χ1v) is 7.31. The number of benzene rings is 1. The van der Waals surface area contributed by atoms with E-state index >= 15 is 0 Å². The van der Waals surface area contributed by atoms with Gasteiger partial charge in [-0.1, -0.05) is 32.9 Å². The van der Waals surface area contributed by atoms with Gasteiger partial charge in [-0.25, -0.2) is 0 Å². The molecule has 1 saturated heterocycles. The van der Waals surface area contributed by atoms with E-state index in [2.05, 4.69) is 49.3 Å². The first kappa shape index (κ1) is 13.9. The van der Waals surface area contributed by atoms with Crippen LogP contribution in [0.2, 0.25) is 0 Å². The Bertz CT molecular complexity index is 722. The van der Waals surface area contributed by atoms with Crippen LogP contribution < -0.4 is 5.32 Å². The number of rotatable bonds is 1. The van der Waals surface area contributed by atoms with E-state index in [4.69, 9.17) is 0 Å². The van der Waals surface area contributed by atoms with E-state index in [1.807, 2.05) is 6.20 Å². The Labute approximate surface area is 123 Å². The van der Waals surface area contributed by atoms with Crippen LogP contribution in [-0.2, 0) is 15.0 Å². The van der Waals surface area contributed by atoms with Crippen LogP contribution in [0.4, 0.5) is 0 Å². The zero-order valence-electron chi connectivity index (χ0n) is 12.6. The predicted octanol–water partition coefficient (Wildman–Crippen LogP) is 2.99. The fourth-order valence-corrected chi connectivity index (χ4v) is 2.89. The lowest BCUT2D eigenvalue weighted by Gasteiger charge is -2.21. The van der Waals surface area contributed by atoms with Gasteiger partial charge < -0.3 is 4.98 Å². The van der Waals surface area contributed by atoms with Crippen LogP contribution in [0.3, 0.4) is 0 Å². The van der Waals surface area contributed by atoms with Gasteiger partial charge in [-0.3, -0.25) is 14.9 Å². The Morgan fingerprint density at radius 3 is 2.62 bits per heavy atom. The van der Waals surface area contributed by atoms with Crippen LogP contribution in [0.15, 0.2) is 24.4 Å². The number of piperidine rings is 1. The summed E-state index contributed by atoms with van der Waals surface area (Å²) in [5, 5.41) is 3.49. The summed E-state index contributed by atoms with van der Waals surface area (Å²) < 4.78 is 0. The Morgan fingerprint density at radius 2 is 1.95 bits per heavy atom. The van der Waals surface area contributed by atoms with E-state index in [0.717, 1.165) is 16.5 Å². The number of amides is 2. The van der Waals surface area contributed by atoms with Crippen molar-refractivity contribution in [1.82, 2.24) is 10.3 Å². The highest BCUT2D eigenvalue weighted by molar-refractivity contribution is 6.03. The molecular weight excluding hydrogens is 264 g/mol. The standard InChI is InChI=1S/C17H20N2O2/c1-17(2,3)10-4-5-11-13(9-18-14(11)8-10)12-6-7-15(20)19-16(12)21/h4-5,8-9,12,18H,6-7H2,1-3H3,(H,19,20,21). The Morgan fingerprint density at radius 1 is 1.19 bits per heavy atom. The largest absolute Gasteiger partial charge is 0.361 e. The van der Waals surface area contributed by atoms with Gasteiger partial charge in [0.15, 0.2) is 0 Å². The number of aromatic amines is 1. The SMILES string of the molecule is CC(C)(C)c1ccc2c(C3CCC(=O)NC3=O)c[nH]c2c1. The van der Waals surface area contributed by atoms with Crippen molar-refractivity contribution in [1.29, 1.82) is 0 Å². The normalized spacial score (nSPS) is 19.9. The maximum Gasteiger partial charge on any atom is 0.234 e. The summed E-state index contributed by atoms with van der Waals surface area (Å²) in [6, 6.07) is 6.34. The van der Waals surface area contributed by atoms with Gasteiger partial charge in [0.1, 0.15) is 0 Å². The average molecular weight is 284 g/mol. The molecular formula is C17H20N2O2. The zero-order chi connectivity index (χ0) is 15.2. The fraction of sp³-hybridized carbons (Fsp3) is 0.412. The number of H-pyrrole nitrogens is 1. The summed E-state index contributed by atoms with van der Waals surface area (Å²) >= 11 is 0. The molecule has 1 atom stereocenters. The van der Waals surface area contributed by atoms with Crippen molar-refractivity contribution in [3.63, 3.8) is 0 Å². The molecule has 0 aliphatic carbocycles. The highest BCUT2D eigenvalue weighted by atomic mass is 16.2. The summed E-state index contributed by atoms with van der Waals surface area (Å²) in [5.41, 5.74) is 3.37. The molecule has 1 aromatic heterocycles. The first-order chi connectivity index (χ1) is 9.86. The third-order valence-electron chi connectivity index (χ3n) is 4.19. The summed E-state index contributed by atoms with van der Waals surface area (Å²) in [4.78, 5) is 26.6. The monoisotopic (exact) mass is 284 g/mol. The maximum absolute atomic E-state index is 12.0. The molecule has 0 spiro atoms. The Hall–Kier alpha value is -2.10. The number of imide groups is 1. The molecule has 1 fully saturated rings. The molecule has 0 bridgehead atoms. The molecule has 2 heterocycles. The van der Waals surface area contributed by atoms with Crippen LogP contribution in [0, 0.1) is 0 Å².